The molecule has 0 N–H and O–H groups in total. The molecule has 0 unspecified atom stereocenters. The number of para-hydroxylation sites is 1. The summed E-state index contributed by atoms with van der Waals surface area (Å²) in [5.74, 6) is 0.0631. The minimum absolute atomic E-state index is 0.0631. The average molecular weight is 239 g/mol. The molecule has 0 aliphatic carbocycles. The molecule has 2 rings (SSSR count). The van der Waals surface area contributed by atoms with Crippen LogP contribution in [-0.2, 0) is 11.3 Å². The molecule has 0 bridgehead atoms. The van der Waals surface area contributed by atoms with E-state index in [0.29, 0.717) is 6.54 Å². The van der Waals surface area contributed by atoms with Gasteiger partial charge in [-0.05, 0) is 24.1 Å². The van der Waals surface area contributed by atoms with Crippen molar-refractivity contribution in [3.63, 3.8) is 0 Å². The van der Waals surface area contributed by atoms with E-state index in [2.05, 4.69) is 0 Å². The van der Waals surface area contributed by atoms with Gasteiger partial charge in [0, 0.05) is 12.6 Å². The summed E-state index contributed by atoms with van der Waals surface area (Å²) in [5, 5.41) is 0. The van der Waals surface area contributed by atoms with Crippen LogP contribution >= 0.6 is 0 Å². The van der Waals surface area contributed by atoms with Crippen molar-refractivity contribution in [2.24, 2.45) is 0 Å². The summed E-state index contributed by atoms with van der Waals surface area (Å²) < 4.78 is 0. The van der Waals surface area contributed by atoms with E-state index in [-0.39, 0.29) is 5.91 Å². The van der Waals surface area contributed by atoms with E-state index >= 15 is 0 Å². The standard InChI is InChI=1S/C16H17NO/c1-13-8-6-7-11-16(13)17(14(2)18)12-15-9-4-3-5-10-15/h3-11H,12H2,1-2H3. The lowest BCUT2D eigenvalue weighted by molar-refractivity contribution is -0.116. The summed E-state index contributed by atoms with van der Waals surface area (Å²) in [6, 6.07) is 18.0. The number of anilines is 1. The summed E-state index contributed by atoms with van der Waals surface area (Å²) in [5.41, 5.74) is 3.23. The smallest absolute Gasteiger partial charge is 0.224 e. The van der Waals surface area contributed by atoms with Gasteiger partial charge in [-0.1, -0.05) is 48.5 Å². The van der Waals surface area contributed by atoms with E-state index in [9.17, 15) is 4.79 Å². The van der Waals surface area contributed by atoms with Gasteiger partial charge in [-0.25, -0.2) is 0 Å². The van der Waals surface area contributed by atoms with Crippen LogP contribution in [0.1, 0.15) is 18.1 Å². The molecule has 2 aromatic rings. The molecule has 0 radical (unpaired) electrons. The van der Waals surface area contributed by atoms with Crippen molar-refractivity contribution >= 4 is 11.6 Å². The number of hydrogen-bond donors (Lipinski definition) is 0. The van der Waals surface area contributed by atoms with Gasteiger partial charge in [-0.15, -0.1) is 0 Å². The number of carbonyl (C=O) groups is 1. The topological polar surface area (TPSA) is 20.3 Å². The van der Waals surface area contributed by atoms with E-state index in [1.54, 1.807) is 6.92 Å². The quantitative estimate of drug-likeness (QED) is 0.802. The van der Waals surface area contributed by atoms with Crippen LogP contribution in [0.15, 0.2) is 54.6 Å². The van der Waals surface area contributed by atoms with E-state index in [1.807, 2.05) is 66.4 Å². The number of benzene rings is 2. The summed E-state index contributed by atoms with van der Waals surface area (Å²) in [6.07, 6.45) is 0. The van der Waals surface area contributed by atoms with Gasteiger partial charge in [0.2, 0.25) is 5.91 Å². The number of carbonyl (C=O) groups excluding carboxylic acids is 1. The first kappa shape index (κ1) is 12.4. The van der Waals surface area contributed by atoms with Crippen LogP contribution in [-0.4, -0.2) is 5.91 Å². The highest BCUT2D eigenvalue weighted by Gasteiger charge is 2.13. The number of amides is 1. The zero-order valence-electron chi connectivity index (χ0n) is 10.8. The fourth-order valence-corrected chi connectivity index (χ4v) is 2.00. The molecule has 0 saturated heterocycles. The van der Waals surface area contributed by atoms with Crippen molar-refractivity contribution in [2.45, 2.75) is 20.4 Å². The van der Waals surface area contributed by atoms with E-state index in [4.69, 9.17) is 0 Å². The molecule has 0 aliphatic heterocycles. The summed E-state index contributed by atoms with van der Waals surface area (Å²) in [4.78, 5) is 13.6. The molecule has 0 aliphatic rings. The first-order valence-corrected chi connectivity index (χ1v) is 6.06. The molecule has 0 fully saturated rings. The molecule has 1 amide bonds. The third-order valence-electron chi connectivity index (χ3n) is 2.97. The van der Waals surface area contributed by atoms with E-state index < -0.39 is 0 Å². The zero-order chi connectivity index (χ0) is 13.0. The SMILES string of the molecule is CC(=O)N(Cc1ccccc1)c1ccccc1C. The van der Waals surface area contributed by atoms with E-state index in [1.165, 1.54) is 0 Å². The fraction of sp³-hybridized carbons (Fsp3) is 0.188. The Kier molecular flexibility index (Phi) is 3.78. The minimum atomic E-state index is 0.0631. The predicted octanol–water partition coefficient (Wildman–Crippen LogP) is 3.55. The van der Waals surface area contributed by atoms with Crippen LogP contribution in [0.2, 0.25) is 0 Å². The van der Waals surface area contributed by atoms with Crippen LogP contribution in [0, 0.1) is 6.92 Å². The van der Waals surface area contributed by atoms with Gasteiger partial charge in [-0.3, -0.25) is 4.79 Å². The molecule has 0 aromatic heterocycles. The van der Waals surface area contributed by atoms with Crippen LogP contribution in [0.4, 0.5) is 5.69 Å². The molecule has 92 valence electrons. The number of aryl methyl sites for hydroxylation is 1. The van der Waals surface area contributed by atoms with Gasteiger partial charge < -0.3 is 4.90 Å². The van der Waals surface area contributed by atoms with Crippen molar-refractivity contribution in [1.82, 2.24) is 0 Å². The molecular weight excluding hydrogens is 222 g/mol. The predicted molar refractivity (Wildman–Crippen MR) is 74.5 cm³/mol. The third-order valence-corrected chi connectivity index (χ3v) is 2.97. The normalized spacial score (nSPS) is 10.1. The van der Waals surface area contributed by atoms with Gasteiger partial charge in [0.15, 0.2) is 0 Å². The average Bonchev–Trinajstić information content (AvgIpc) is 2.38. The number of hydrogen-bond acceptors (Lipinski definition) is 1. The molecule has 0 saturated carbocycles. The van der Waals surface area contributed by atoms with Gasteiger partial charge in [-0.2, -0.15) is 0 Å². The monoisotopic (exact) mass is 239 g/mol. The maximum Gasteiger partial charge on any atom is 0.224 e. The van der Waals surface area contributed by atoms with Crippen molar-refractivity contribution in [3.05, 3.63) is 65.7 Å². The lowest BCUT2D eigenvalue weighted by Crippen LogP contribution is -2.28. The highest BCUT2D eigenvalue weighted by Crippen LogP contribution is 2.21. The molecule has 2 aromatic carbocycles. The Morgan fingerprint density at radius 3 is 2.22 bits per heavy atom. The van der Waals surface area contributed by atoms with Crippen molar-refractivity contribution < 1.29 is 4.79 Å². The maximum absolute atomic E-state index is 11.8. The molecule has 0 atom stereocenters. The second kappa shape index (κ2) is 5.50. The van der Waals surface area contributed by atoms with Crippen LogP contribution in [0.3, 0.4) is 0 Å². The molecule has 18 heavy (non-hydrogen) atoms. The second-order valence-corrected chi connectivity index (χ2v) is 4.38. The highest BCUT2D eigenvalue weighted by atomic mass is 16.2. The van der Waals surface area contributed by atoms with Gasteiger partial charge >= 0.3 is 0 Å². The summed E-state index contributed by atoms with van der Waals surface area (Å²) >= 11 is 0. The zero-order valence-corrected chi connectivity index (χ0v) is 10.8. The van der Waals surface area contributed by atoms with Crippen LogP contribution < -0.4 is 4.90 Å². The van der Waals surface area contributed by atoms with Crippen molar-refractivity contribution in [3.8, 4) is 0 Å². The molecule has 2 nitrogen and oxygen atoms in total. The van der Waals surface area contributed by atoms with Crippen molar-refractivity contribution in [1.29, 1.82) is 0 Å². The Bertz CT molecular complexity index is 534. The van der Waals surface area contributed by atoms with Gasteiger partial charge in [0.1, 0.15) is 0 Å². The van der Waals surface area contributed by atoms with Gasteiger partial charge in [0.05, 0.1) is 6.54 Å². The Morgan fingerprint density at radius 2 is 1.61 bits per heavy atom. The second-order valence-electron chi connectivity index (χ2n) is 4.38. The molecule has 0 heterocycles. The van der Waals surface area contributed by atoms with E-state index in [0.717, 1.165) is 16.8 Å². The van der Waals surface area contributed by atoms with Crippen molar-refractivity contribution in [2.75, 3.05) is 4.90 Å². The Hall–Kier alpha value is -2.09. The lowest BCUT2D eigenvalue weighted by Gasteiger charge is -2.23. The lowest BCUT2D eigenvalue weighted by atomic mass is 10.1. The fourth-order valence-electron chi connectivity index (χ4n) is 2.00. The summed E-state index contributed by atoms with van der Waals surface area (Å²) in [6.45, 7) is 4.24. The third kappa shape index (κ3) is 2.77. The Labute approximate surface area is 108 Å². The first-order valence-electron chi connectivity index (χ1n) is 6.06. The maximum atomic E-state index is 11.8. The van der Waals surface area contributed by atoms with Gasteiger partial charge in [0.25, 0.3) is 0 Å². The highest BCUT2D eigenvalue weighted by molar-refractivity contribution is 5.92. The number of rotatable bonds is 3. The minimum Gasteiger partial charge on any atom is -0.308 e. The summed E-state index contributed by atoms with van der Waals surface area (Å²) in [7, 11) is 0. The Balaban J connectivity index is 2.30. The molecule has 0 spiro atoms. The number of nitrogens with zero attached hydrogens (tertiary/aromatic N) is 1. The first-order chi connectivity index (χ1) is 8.68. The van der Waals surface area contributed by atoms with Crippen LogP contribution in [0.25, 0.3) is 0 Å². The molecular formula is C16H17NO. The van der Waals surface area contributed by atoms with Crippen LogP contribution in [0.5, 0.6) is 0 Å². The largest absolute Gasteiger partial charge is 0.308 e. The Morgan fingerprint density at radius 1 is 1.00 bits per heavy atom. The molecule has 2 heteroatoms.